The smallest absolute Gasteiger partial charge is 0.263 e. The Hall–Kier alpha value is -1.34. The predicted octanol–water partition coefficient (Wildman–Crippen LogP) is 4.20. The lowest BCUT2D eigenvalue weighted by Crippen LogP contribution is -2.35. The fraction of sp³-hybridized carbons (Fsp3) is 0.650. The molecule has 2 fully saturated rings. The molecule has 0 radical (unpaired) electrons. The SMILES string of the molecule is Cc1sc2nc(SCC(=O)NC(C)C3CC3)n(C3CCCC3)c(=O)c2c1C. The van der Waals surface area contributed by atoms with Crippen LogP contribution in [0.1, 0.15) is 61.9 Å². The molecule has 2 aromatic rings. The highest BCUT2D eigenvalue weighted by atomic mass is 32.2. The highest BCUT2D eigenvalue weighted by molar-refractivity contribution is 7.99. The van der Waals surface area contributed by atoms with Gasteiger partial charge in [-0.1, -0.05) is 24.6 Å². The first-order valence-corrected chi connectivity index (χ1v) is 11.7. The van der Waals surface area contributed by atoms with E-state index in [9.17, 15) is 9.59 Å². The highest BCUT2D eigenvalue weighted by Crippen LogP contribution is 2.35. The number of carbonyl (C=O) groups is 1. The number of nitrogens with zero attached hydrogens (tertiary/aromatic N) is 2. The molecule has 1 atom stereocenters. The van der Waals surface area contributed by atoms with E-state index in [0.29, 0.717) is 16.8 Å². The van der Waals surface area contributed by atoms with Crippen molar-refractivity contribution in [1.82, 2.24) is 14.9 Å². The molecule has 27 heavy (non-hydrogen) atoms. The number of hydrogen-bond donors (Lipinski definition) is 1. The van der Waals surface area contributed by atoms with Crippen molar-refractivity contribution in [3.8, 4) is 0 Å². The van der Waals surface area contributed by atoms with Gasteiger partial charge in [-0.15, -0.1) is 11.3 Å². The zero-order valence-corrected chi connectivity index (χ0v) is 17.8. The molecule has 1 amide bonds. The maximum Gasteiger partial charge on any atom is 0.263 e. The van der Waals surface area contributed by atoms with Gasteiger partial charge in [-0.25, -0.2) is 4.98 Å². The Morgan fingerprint density at radius 1 is 1.30 bits per heavy atom. The lowest BCUT2D eigenvalue weighted by molar-refractivity contribution is -0.119. The summed E-state index contributed by atoms with van der Waals surface area (Å²) >= 11 is 2.98. The van der Waals surface area contributed by atoms with Crippen molar-refractivity contribution in [2.75, 3.05) is 5.75 Å². The van der Waals surface area contributed by atoms with Crippen LogP contribution in [0.3, 0.4) is 0 Å². The predicted molar refractivity (Wildman–Crippen MR) is 112 cm³/mol. The summed E-state index contributed by atoms with van der Waals surface area (Å²) in [7, 11) is 0. The Labute approximate surface area is 167 Å². The van der Waals surface area contributed by atoms with E-state index in [1.807, 2.05) is 18.4 Å². The van der Waals surface area contributed by atoms with Crippen molar-refractivity contribution in [3.05, 3.63) is 20.8 Å². The third kappa shape index (κ3) is 3.81. The van der Waals surface area contributed by atoms with Crippen LogP contribution in [0.4, 0.5) is 0 Å². The summed E-state index contributed by atoms with van der Waals surface area (Å²) in [6.45, 7) is 6.13. The zero-order valence-electron chi connectivity index (χ0n) is 16.2. The molecule has 1 N–H and O–H groups in total. The molecule has 0 aliphatic heterocycles. The first-order chi connectivity index (χ1) is 13.0. The second-order valence-electron chi connectivity index (χ2n) is 7.95. The van der Waals surface area contributed by atoms with Gasteiger partial charge in [0, 0.05) is 17.0 Å². The van der Waals surface area contributed by atoms with E-state index < -0.39 is 0 Å². The molecule has 0 aromatic carbocycles. The molecule has 5 nitrogen and oxygen atoms in total. The van der Waals surface area contributed by atoms with E-state index in [1.165, 1.54) is 24.6 Å². The Kier molecular flexibility index (Phi) is 5.34. The van der Waals surface area contributed by atoms with Crippen molar-refractivity contribution in [3.63, 3.8) is 0 Å². The van der Waals surface area contributed by atoms with Gasteiger partial charge in [0.15, 0.2) is 5.16 Å². The minimum Gasteiger partial charge on any atom is -0.353 e. The molecule has 2 saturated carbocycles. The minimum absolute atomic E-state index is 0.0326. The monoisotopic (exact) mass is 405 g/mol. The average molecular weight is 406 g/mol. The average Bonchev–Trinajstić information content (AvgIpc) is 3.27. The minimum atomic E-state index is 0.0326. The second-order valence-corrected chi connectivity index (χ2v) is 10.1. The lowest BCUT2D eigenvalue weighted by Gasteiger charge is -2.18. The molecule has 2 aliphatic carbocycles. The molecule has 1 unspecified atom stereocenters. The fourth-order valence-corrected chi connectivity index (χ4v) is 5.96. The quantitative estimate of drug-likeness (QED) is 0.578. The van der Waals surface area contributed by atoms with Crippen LogP contribution in [-0.2, 0) is 4.79 Å². The van der Waals surface area contributed by atoms with Crippen LogP contribution in [0, 0.1) is 19.8 Å². The van der Waals surface area contributed by atoms with Gasteiger partial charge in [-0.3, -0.25) is 14.2 Å². The third-order valence-electron chi connectivity index (χ3n) is 5.94. The summed E-state index contributed by atoms with van der Waals surface area (Å²) in [4.78, 5) is 32.4. The fourth-order valence-electron chi connectivity index (χ4n) is 4.01. The number of fused-ring (bicyclic) bond motifs is 1. The first-order valence-electron chi connectivity index (χ1n) is 9.90. The van der Waals surface area contributed by atoms with E-state index >= 15 is 0 Å². The van der Waals surface area contributed by atoms with Crippen molar-refractivity contribution in [2.24, 2.45) is 5.92 Å². The number of amides is 1. The Balaban J connectivity index is 1.62. The van der Waals surface area contributed by atoms with Crippen LogP contribution in [-0.4, -0.2) is 27.3 Å². The van der Waals surface area contributed by atoms with Gasteiger partial charge in [0.2, 0.25) is 5.91 Å². The Bertz CT molecular complexity index is 923. The normalized spacial score (nSPS) is 18.9. The van der Waals surface area contributed by atoms with Crippen LogP contribution in [0.5, 0.6) is 0 Å². The van der Waals surface area contributed by atoms with E-state index in [0.717, 1.165) is 46.3 Å². The van der Waals surface area contributed by atoms with Crippen LogP contribution < -0.4 is 10.9 Å². The molecule has 146 valence electrons. The van der Waals surface area contributed by atoms with Gasteiger partial charge in [-0.05, 0) is 57.9 Å². The van der Waals surface area contributed by atoms with E-state index in [1.54, 1.807) is 11.3 Å². The maximum absolute atomic E-state index is 13.3. The van der Waals surface area contributed by atoms with Crippen molar-refractivity contribution in [1.29, 1.82) is 0 Å². The molecule has 2 aromatic heterocycles. The van der Waals surface area contributed by atoms with Crippen molar-refractivity contribution in [2.45, 2.75) is 76.5 Å². The van der Waals surface area contributed by atoms with E-state index in [-0.39, 0.29) is 23.6 Å². The molecule has 0 spiro atoms. The number of thiophene rings is 1. The zero-order chi connectivity index (χ0) is 19.1. The third-order valence-corrected chi connectivity index (χ3v) is 8.00. The highest BCUT2D eigenvalue weighted by Gasteiger charge is 2.29. The van der Waals surface area contributed by atoms with Gasteiger partial charge in [0.1, 0.15) is 4.83 Å². The molecule has 0 saturated heterocycles. The number of thioether (sulfide) groups is 1. The van der Waals surface area contributed by atoms with Crippen LogP contribution in [0.15, 0.2) is 9.95 Å². The summed E-state index contributed by atoms with van der Waals surface area (Å²) in [5.74, 6) is 0.984. The molecule has 2 aliphatic rings. The van der Waals surface area contributed by atoms with Gasteiger partial charge in [0.05, 0.1) is 11.1 Å². The van der Waals surface area contributed by atoms with Crippen LogP contribution in [0.25, 0.3) is 10.2 Å². The van der Waals surface area contributed by atoms with Crippen molar-refractivity contribution < 1.29 is 4.79 Å². The number of aryl methyl sites for hydroxylation is 2. The van der Waals surface area contributed by atoms with Gasteiger partial charge >= 0.3 is 0 Å². The number of aromatic nitrogens is 2. The molecular weight excluding hydrogens is 378 g/mol. The van der Waals surface area contributed by atoms with E-state index in [4.69, 9.17) is 4.98 Å². The summed E-state index contributed by atoms with van der Waals surface area (Å²) in [5, 5.41) is 4.56. The Morgan fingerprint density at radius 3 is 2.67 bits per heavy atom. The first kappa shape index (κ1) is 19.0. The van der Waals surface area contributed by atoms with Gasteiger partial charge < -0.3 is 5.32 Å². The largest absolute Gasteiger partial charge is 0.353 e. The number of hydrogen-bond acceptors (Lipinski definition) is 5. The molecule has 0 bridgehead atoms. The van der Waals surface area contributed by atoms with Crippen LogP contribution in [0.2, 0.25) is 0 Å². The number of carbonyl (C=O) groups excluding carboxylic acids is 1. The molecule has 4 rings (SSSR count). The van der Waals surface area contributed by atoms with Gasteiger partial charge in [0.25, 0.3) is 5.56 Å². The number of nitrogens with one attached hydrogen (secondary N) is 1. The van der Waals surface area contributed by atoms with Crippen LogP contribution >= 0.6 is 23.1 Å². The number of rotatable bonds is 6. The summed E-state index contributed by atoms with van der Waals surface area (Å²) < 4.78 is 1.89. The standard InChI is InChI=1S/C20H27N3O2S2/c1-11-13(3)27-18-17(11)19(25)23(15-6-4-5-7-15)20(22-18)26-10-16(24)21-12(2)14-8-9-14/h12,14-15H,4-10H2,1-3H3,(H,21,24). The topological polar surface area (TPSA) is 64.0 Å². The summed E-state index contributed by atoms with van der Waals surface area (Å²) in [6, 6.07) is 0.457. The summed E-state index contributed by atoms with van der Waals surface area (Å²) in [6.07, 6.45) is 6.78. The van der Waals surface area contributed by atoms with Crippen molar-refractivity contribution >= 4 is 39.2 Å². The Morgan fingerprint density at radius 2 is 2.00 bits per heavy atom. The van der Waals surface area contributed by atoms with Gasteiger partial charge in [-0.2, -0.15) is 0 Å². The maximum atomic E-state index is 13.3. The molecule has 7 heteroatoms. The lowest BCUT2D eigenvalue weighted by atomic mass is 10.2. The second kappa shape index (κ2) is 7.59. The van der Waals surface area contributed by atoms with E-state index in [2.05, 4.69) is 12.2 Å². The molecule has 2 heterocycles. The molecular formula is C20H27N3O2S2. The summed E-state index contributed by atoms with van der Waals surface area (Å²) in [5.41, 5.74) is 1.12.